The molecule has 9 heteroatoms. The van der Waals surface area contributed by atoms with Crippen molar-refractivity contribution in [2.24, 2.45) is 17.8 Å². The van der Waals surface area contributed by atoms with Crippen molar-refractivity contribution in [1.29, 1.82) is 0 Å². The number of hydrogen-bond donors (Lipinski definition) is 1. The van der Waals surface area contributed by atoms with Crippen LogP contribution in [0.3, 0.4) is 0 Å². The zero-order valence-corrected chi connectivity index (χ0v) is 22.6. The molecular weight excluding hydrogens is 494 g/mol. The first-order valence-electron chi connectivity index (χ1n) is 12.6. The standard InChI is InChI=1S/C28H36ClN3O5/c1-7-13-30(6)24(34)21-22-25(35)32(18(4)16-33)23(28(22)15-17(3)27(21,5)37-28)26(36)31(14-8-2)20-11-9-19(29)10-12-20/h7-12,17-18,21-23,33H,1-2,13-16H2,3-6H3/t17?,18-,21+,22+,23?,27-,28?/m1/s1. The summed E-state index contributed by atoms with van der Waals surface area (Å²) in [5.74, 6) is -2.57. The third kappa shape index (κ3) is 4.01. The molecule has 1 aromatic carbocycles. The highest BCUT2D eigenvalue weighted by Crippen LogP contribution is 2.65. The van der Waals surface area contributed by atoms with Crippen molar-refractivity contribution in [3.8, 4) is 0 Å². The van der Waals surface area contributed by atoms with Crippen molar-refractivity contribution in [2.45, 2.75) is 50.5 Å². The van der Waals surface area contributed by atoms with E-state index in [1.165, 1.54) is 4.90 Å². The minimum absolute atomic E-state index is 0.0781. The lowest BCUT2D eigenvalue weighted by Gasteiger charge is -2.39. The van der Waals surface area contributed by atoms with Crippen LogP contribution < -0.4 is 4.90 Å². The highest BCUT2D eigenvalue weighted by atomic mass is 35.5. The maximum Gasteiger partial charge on any atom is 0.253 e. The maximum absolute atomic E-state index is 14.4. The minimum atomic E-state index is -1.20. The fourth-order valence-corrected chi connectivity index (χ4v) is 6.76. The molecule has 0 radical (unpaired) electrons. The Balaban J connectivity index is 1.85. The molecule has 1 N–H and O–H groups in total. The maximum atomic E-state index is 14.4. The predicted octanol–water partition coefficient (Wildman–Crippen LogP) is 2.89. The topological polar surface area (TPSA) is 90.4 Å². The van der Waals surface area contributed by atoms with Gasteiger partial charge in [-0.25, -0.2) is 0 Å². The van der Waals surface area contributed by atoms with Crippen LogP contribution in [0, 0.1) is 17.8 Å². The number of carbonyl (C=O) groups excluding carboxylic acids is 3. The lowest BCUT2D eigenvalue weighted by molar-refractivity contribution is -0.152. The van der Waals surface area contributed by atoms with Crippen LogP contribution in [0.1, 0.15) is 27.2 Å². The fourth-order valence-electron chi connectivity index (χ4n) is 6.64. The number of halogens is 1. The van der Waals surface area contributed by atoms with Gasteiger partial charge in [0, 0.05) is 30.8 Å². The average Bonchev–Trinajstić information content (AvgIpc) is 3.38. The molecule has 1 spiro atoms. The number of benzene rings is 1. The second kappa shape index (κ2) is 9.89. The van der Waals surface area contributed by atoms with Crippen molar-refractivity contribution in [3.63, 3.8) is 0 Å². The molecule has 3 heterocycles. The van der Waals surface area contributed by atoms with Crippen molar-refractivity contribution in [2.75, 3.05) is 31.6 Å². The predicted molar refractivity (Wildman–Crippen MR) is 142 cm³/mol. The van der Waals surface area contributed by atoms with Crippen LogP contribution in [-0.2, 0) is 19.1 Å². The van der Waals surface area contributed by atoms with E-state index >= 15 is 0 Å². The molecule has 1 aromatic rings. The molecule has 0 aliphatic carbocycles. The van der Waals surface area contributed by atoms with Gasteiger partial charge in [0.1, 0.15) is 11.6 Å². The molecule has 7 atom stereocenters. The Kier molecular flexibility index (Phi) is 7.31. The summed E-state index contributed by atoms with van der Waals surface area (Å²) in [6, 6.07) is 5.20. The van der Waals surface area contributed by atoms with Gasteiger partial charge in [0.25, 0.3) is 5.91 Å². The molecule has 3 unspecified atom stereocenters. The van der Waals surface area contributed by atoms with Gasteiger partial charge in [-0.2, -0.15) is 0 Å². The van der Waals surface area contributed by atoms with E-state index in [9.17, 15) is 19.5 Å². The number of ether oxygens (including phenoxy) is 1. The molecule has 3 aliphatic rings. The van der Waals surface area contributed by atoms with Crippen molar-refractivity contribution >= 4 is 35.0 Å². The quantitative estimate of drug-likeness (QED) is 0.497. The van der Waals surface area contributed by atoms with E-state index in [1.54, 1.807) is 60.2 Å². The van der Waals surface area contributed by atoms with Crippen LogP contribution in [0.2, 0.25) is 5.02 Å². The molecule has 3 aliphatic heterocycles. The average molecular weight is 530 g/mol. The SMILES string of the molecule is C=CCN(C)C(=O)[C@@H]1[C@H]2C(=O)N([C@H](C)CO)C(C(=O)N(CC=C)c3ccc(Cl)cc3)C23CC(C)[C@@]1(C)O3. The largest absolute Gasteiger partial charge is 0.394 e. The number of amides is 3. The number of likely N-dealkylation sites (tertiary alicyclic amines) is 1. The zero-order chi connectivity index (χ0) is 27.3. The number of aliphatic hydroxyl groups is 1. The summed E-state index contributed by atoms with van der Waals surface area (Å²) in [6.07, 6.45) is 3.70. The first-order chi connectivity index (χ1) is 17.5. The number of likely N-dealkylation sites (N-methyl/N-ethyl adjacent to an activating group) is 1. The van der Waals surface area contributed by atoms with Gasteiger partial charge in [0.15, 0.2) is 0 Å². The highest BCUT2D eigenvalue weighted by Gasteiger charge is 2.80. The van der Waals surface area contributed by atoms with Crippen LogP contribution in [0.4, 0.5) is 5.69 Å². The molecule has 4 rings (SSSR count). The number of carbonyl (C=O) groups is 3. The second-order valence-corrected chi connectivity index (χ2v) is 11.1. The lowest BCUT2D eigenvalue weighted by atomic mass is 9.62. The highest BCUT2D eigenvalue weighted by molar-refractivity contribution is 6.30. The number of fused-ring (bicyclic) bond motifs is 1. The summed E-state index contributed by atoms with van der Waals surface area (Å²) >= 11 is 6.08. The summed E-state index contributed by atoms with van der Waals surface area (Å²) in [5.41, 5.74) is -1.51. The Morgan fingerprint density at radius 3 is 2.43 bits per heavy atom. The summed E-state index contributed by atoms with van der Waals surface area (Å²) in [4.78, 5) is 46.8. The van der Waals surface area contributed by atoms with Crippen LogP contribution in [0.25, 0.3) is 0 Å². The van der Waals surface area contributed by atoms with Gasteiger partial charge in [0.2, 0.25) is 11.8 Å². The van der Waals surface area contributed by atoms with Gasteiger partial charge >= 0.3 is 0 Å². The monoisotopic (exact) mass is 529 g/mol. The molecule has 3 fully saturated rings. The van der Waals surface area contributed by atoms with E-state index in [0.29, 0.717) is 23.7 Å². The van der Waals surface area contributed by atoms with Crippen LogP contribution in [0.5, 0.6) is 0 Å². The molecule has 3 saturated heterocycles. The van der Waals surface area contributed by atoms with Gasteiger partial charge in [-0.15, -0.1) is 13.2 Å². The fraction of sp³-hybridized carbons (Fsp3) is 0.536. The van der Waals surface area contributed by atoms with Gasteiger partial charge < -0.3 is 24.5 Å². The number of anilines is 1. The molecule has 0 aromatic heterocycles. The Bertz CT molecular complexity index is 1110. The van der Waals surface area contributed by atoms with E-state index in [1.807, 2.05) is 13.8 Å². The van der Waals surface area contributed by atoms with Crippen LogP contribution >= 0.6 is 11.6 Å². The van der Waals surface area contributed by atoms with Crippen molar-refractivity contribution < 1.29 is 24.2 Å². The Labute approximate surface area is 223 Å². The summed E-state index contributed by atoms with van der Waals surface area (Å²) < 4.78 is 6.75. The van der Waals surface area contributed by atoms with Crippen LogP contribution in [-0.4, -0.2) is 82.7 Å². The Hall–Kier alpha value is -2.68. The Morgan fingerprint density at radius 2 is 1.86 bits per heavy atom. The lowest BCUT2D eigenvalue weighted by Crippen LogP contribution is -2.58. The van der Waals surface area contributed by atoms with Gasteiger partial charge in [0.05, 0.1) is 30.1 Å². The second-order valence-electron chi connectivity index (χ2n) is 10.7. The van der Waals surface area contributed by atoms with E-state index in [0.717, 1.165) is 0 Å². The summed E-state index contributed by atoms with van der Waals surface area (Å²) in [6.45, 7) is 13.3. The number of rotatable bonds is 9. The van der Waals surface area contributed by atoms with E-state index in [2.05, 4.69) is 13.2 Å². The van der Waals surface area contributed by atoms with E-state index in [-0.39, 0.29) is 36.8 Å². The number of nitrogens with zero attached hydrogens (tertiary/aromatic N) is 3. The molecule has 0 saturated carbocycles. The summed E-state index contributed by atoms with van der Waals surface area (Å²) in [7, 11) is 1.68. The smallest absolute Gasteiger partial charge is 0.253 e. The number of aliphatic hydroxyl groups excluding tert-OH is 1. The molecule has 2 bridgehead atoms. The van der Waals surface area contributed by atoms with Gasteiger partial charge in [-0.1, -0.05) is 30.7 Å². The Morgan fingerprint density at radius 1 is 1.24 bits per heavy atom. The van der Waals surface area contributed by atoms with Gasteiger partial charge in [-0.05, 0) is 50.5 Å². The summed E-state index contributed by atoms with van der Waals surface area (Å²) in [5, 5.41) is 10.6. The first-order valence-corrected chi connectivity index (χ1v) is 13.0. The number of hydrogen-bond acceptors (Lipinski definition) is 5. The van der Waals surface area contributed by atoms with E-state index in [4.69, 9.17) is 16.3 Å². The first kappa shape index (κ1) is 27.4. The van der Waals surface area contributed by atoms with Crippen molar-refractivity contribution in [3.05, 3.63) is 54.6 Å². The molecule has 8 nitrogen and oxygen atoms in total. The van der Waals surface area contributed by atoms with E-state index < -0.39 is 35.1 Å². The minimum Gasteiger partial charge on any atom is -0.394 e. The van der Waals surface area contributed by atoms with Crippen molar-refractivity contribution in [1.82, 2.24) is 9.80 Å². The van der Waals surface area contributed by atoms with Gasteiger partial charge in [-0.3, -0.25) is 14.4 Å². The normalized spacial score (nSPS) is 32.7. The molecular formula is C28H36ClN3O5. The van der Waals surface area contributed by atoms with Crippen LogP contribution in [0.15, 0.2) is 49.6 Å². The zero-order valence-electron chi connectivity index (χ0n) is 21.9. The molecule has 3 amide bonds. The molecule has 200 valence electrons. The molecule has 37 heavy (non-hydrogen) atoms. The third-order valence-electron chi connectivity index (χ3n) is 8.49. The third-order valence-corrected chi connectivity index (χ3v) is 8.74.